The molecular weight excluding hydrogens is 157 g/mol. The standard InChI is InChI=1S/C9H6FNO/c10-8-3-6-1-2-11-9(6)4-7(8)5-12/h1-5,11H. The maximum absolute atomic E-state index is 13.0. The van der Waals surface area contributed by atoms with E-state index in [2.05, 4.69) is 4.98 Å². The number of aromatic nitrogens is 1. The van der Waals surface area contributed by atoms with Gasteiger partial charge in [-0.2, -0.15) is 0 Å². The molecule has 0 saturated heterocycles. The van der Waals surface area contributed by atoms with Crippen molar-refractivity contribution >= 4 is 17.2 Å². The Kier molecular flexibility index (Phi) is 1.43. The molecule has 2 rings (SSSR count). The Morgan fingerprint density at radius 1 is 1.42 bits per heavy atom. The highest BCUT2D eigenvalue weighted by Gasteiger charge is 2.03. The predicted octanol–water partition coefficient (Wildman–Crippen LogP) is 2.12. The van der Waals surface area contributed by atoms with E-state index >= 15 is 0 Å². The number of hydrogen-bond donors (Lipinski definition) is 1. The number of H-pyrrole nitrogens is 1. The van der Waals surface area contributed by atoms with E-state index in [1.807, 2.05) is 0 Å². The first-order chi connectivity index (χ1) is 5.81. The van der Waals surface area contributed by atoms with Gasteiger partial charge in [-0.25, -0.2) is 4.39 Å². The molecule has 12 heavy (non-hydrogen) atoms. The third kappa shape index (κ3) is 0.906. The Hall–Kier alpha value is -1.64. The van der Waals surface area contributed by atoms with E-state index in [1.54, 1.807) is 12.3 Å². The van der Waals surface area contributed by atoms with E-state index in [0.717, 1.165) is 10.9 Å². The summed E-state index contributed by atoms with van der Waals surface area (Å²) in [5, 5.41) is 0.776. The van der Waals surface area contributed by atoms with Gasteiger partial charge in [-0.1, -0.05) is 0 Å². The summed E-state index contributed by atoms with van der Waals surface area (Å²) in [7, 11) is 0. The normalized spacial score (nSPS) is 10.4. The van der Waals surface area contributed by atoms with E-state index in [9.17, 15) is 9.18 Å². The van der Waals surface area contributed by atoms with Gasteiger partial charge >= 0.3 is 0 Å². The summed E-state index contributed by atoms with van der Waals surface area (Å²) in [6, 6.07) is 4.60. The number of carbonyl (C=O) groups excluding carboxylic acids is 1. The average Bonchev–Trinajstić information content (AvgIpc) is 2.49. The first-order valence-corrected chi connectivity index (χ1v) is 3.53. The zero-order valence-electron chi connectivity index (χ0n) is 6.17. The molecule has 1 N–H and O–H groups in total. The topological polar surface area (TPSA) is 32.9 Å². The van der Waals surface area contributed by atoms with Crippen LogP contribution in [-0.4, -0.2) is 11.3 Å². The molecule has 0 aliphatic rings. The lowest BCUT2D eigenvalue weighted by Gasteiger charge is -1.94. The molecule has 0 fully saturated rings. The van der Waals surface area contributed by atoms with Gasteiger partial charge in [0.25, 0.3) is 0 Å². The Morgan fingerprint density at radius 2 is 2.25 bits per heavy atom. The second-order valence-corrected chi connectivity index (χ2v) is 2.56. The van der Waals surface area contributed by atoms with E-state index in [-0.39, 0.29) is 5.56 Å². The number of rotatable bonds is 1. The van der Waals surface area contributed by atoms with Crippen LogP contribution in [0, 0.1) is 5.82 Å². The first kappa shape index (κ1) is 7.03. The predicted molar refractivity (Wildman–Crippen MR) is 43.6 cm³/mol. The van der Waals surface area contributed by atoms with Gasteiger partial charge in [-0.05, 0) is 18.2 Å². The van der Waals surface area contributed by atoms with Crippen LogP contribution >= 0.6 is 0 Å². The van der Waals surface area contributed by atoms with Crippen LogP contribution in [0.4, 0.5) is 4.39 Å². The van der Waals surface area contributed by atoms with Gasteiger partial charge in [0.15, 0.2) is 6.29 Å². The van der Waals surface area contributed by atoms with Crippen molar-refractivity contribution < 1.29 is 9.18 Å². The summed E-state index contributed by atoms with van der Waals surface area (Å²) in [5.74, 6) is -0.475. The van der Waals surface area contributed by atoms with Gasteiger partial charge in [0, 0.05) is 17.1 Å². The van der Waals surface area contributed by atoms with Crippen LogP contribution < -0.4 is 0 Å². The van der Waals surface area contributed by atoms with Crippen LogP contribution in [0.3, 0.4) is 0 Å². The SMILES string of the molecule is O=Cc1cc2[nH]ccc2cc1F. The summed E-state index contributed by atoms with van der Waals surface area (Å²) in [5.41, 5.74) is 0.864. The van der Waals surface area contributed by atoms with Gasteiger partial charge < -0.3 is 4.98 Å². The second-order valence-electron chi connectivity index (χ2n) is 2.56. The molecule has 0 radical (unpaired) electrons. The van der Waals surface area contributed by atoms with Crippen molar-refractivity contribution in [3.8, 4) is 0 Å². The Morgan fingerprint density at radius 3 is 3.00 bits per heavy atom. The Balaban J connectivity index is 2.81. The molecule has 0 aliphatic carbocycles. The molecule has 3 heteroatoms. The van der Waals surface area contributed by atoms with Crippen molar-refractivity contribution in [1.82, 2.24) is 4.98 Å². The van der Waals surface area contributed by atoms with Crippen molar-refractivity contribution in [3.05, 3.63) is 35.8 Å². The number of aldehydes is 1. The van der Waals surface area contributed by atoms with Crippen molar-refractivity contribution in [1.29, 1.82) is 0 Å². The molecule has 0 amide bonds. The third-order valence-electron chi connectivity index (χ3n) is 1.80. The van der Waals surface area contributed by atoms with Crippen LogP contribution in [0.5, 0.6) is 0 Å². The van der Waals surface area contributed by atoms with Crippen LogP contribution in [0.2, 0.25) is 0 Å². The van der Waals surface area contributed by atoms with Gasteiger partial charge in [-0.3, -0.25) is 4.79 Å². The lowest BCUT2D eigenvalue weighted by molar-refractivity contribution is 0.112. The quantitative estimate of drug-likeness (QED) is 0.641. The highest BCUT2D eigenvalue weighted by Crippen LogP contribution is 2.16. The first-order valence-electron chi connectivity index (χ1n) is 3.53. The molecule has 2 aromatic rings. The number of aromatic amines is 1. The molecule has 0 unspecified atom stereocenters. The number of nitrogens with one attached hydrogen (secondary N) is 1. The summed E-state index contributed by atoms with van der Waals surface area (Å²) in [6.45, 7) is 0. The Bertz CT molecular complexity index is 433. The minimum atomic E-state index is -0.475. The number of halogens is 1. The summed E-state index contributed by atoms with van der Waals surface area (Å²) >= 11 is 0. The molecule has 1 aromatic heterocycles. The Labute approximate surface area is 68.0 Å². The molecule has 2 nitrogen and oxygen atoms in total. The van der Waals surface area contributed by atoms with Crippen molar-refractivity contribution in [2.75, 3.05) is 0 Å². The smallest absolute Gasteiger partial charge is 0.153 e. The average molecular weight is 163 g/mol. The van der Waals surface area contributed by atoms with E-state index in [4.69, 9.17) is 0 Å². The molecular formula is C9H6FNO. The summed E-state index contributed by atoms with van der Waals surface area (Å²) in [6.07, 6.45) is 2.22. The summed E-state index contributed by atoms with van der Waals surface area (Å²) < 4.78 is 13.0. The van der Waals surface area contributed by atoms with Crippen LogP contribution in [0.25, 0.3) is 10.9 Å². The van der Waals surface area contributed by atoms with Gasteiger partial charge in [-0.15, -0.1) is 0 Å². The fourth-order valence-electron chi connectivity index (χ4n) is 1.18. The zero-order chi connectivity index (χ0) is 8.55. The highest BCUT2D eigenvalue weighted by atomic mass is 19.1. The second kappa shape index (κ2) is 2.44. The minimum Gasteiger partial charge on any atom is -0.361 e. The molecule has 1 aromatic carbocycles. The molecule has 0 atom stereocenters. The van der Waals surface area contributed by atoms with Crippen molar-refractivity contribution in [3.63, 3.8) is 0 Å². The monoisotopic (exact) mass is 163 g/mol. The van der Waals surface area contributed by atoms with Crippen molar-refractivity contribution in [2.45, 2.75) is 0 Å². The maximum Gasteiger partial charge on any atom is 0.153 e. The molecule has 0 bridgehead atoms. The molecule has 0 aliphatic heterocycles. The van der Waals surface area contributed by atoms with Crippen molar-refractivity contribution in [2.24, 2.45) is 0 Å². The summed E-state index contributed by atoms with van der Waals surface area (Å²) in [4.78, 5) is 13.2. The number of benzene rings is 1. The molecule has 60 valence electrons. The van der Waals surface area contributed by atoms with E-state index < -0.39 is 5.82 Å². The van der Waals surface area contributed by atoms with Gasteiger partial charge in [0.1, 0.15) is 5.82 Å². The van der Waals surface area contributed by atoms with Crippen LogP contribution in [0.15, 0.2) is 24.4 Å². The fourth-order valence-corrected chi connectivity index (χ4v) is 1.18. The van der Waals surface area contributed by atoms with E-state index in [1.165, 1.54) is 12.1 Å². The zero-order valence-corrected chi connectivity index (χ0v) is 6.17. The number of fused-ring (bicyclic) bond motifs is 1. The molecule has 1 heterocycles. The lowest BCUT2D eigenvalue weighted by Crippen LogP contribution is -1.86. The number of carbonyl (C=O) groups is 1. The maximum atomic E-state index is 13.0. The fraction of sp³-hybridized carbons (Fsp3) is 0. The van der Waals surface area contributed by atoms with Gasteiger partial charge in [0.05, 0.1) is 5.56 Å². The number of hydrogen-bond acceptors (Lipinski definition) is 1. The minimum absolute atomic E-state index is 0.0879. The molecule has 0 spiro atoms. The lowest BCUT2D eigenvalue weighted by atomic mass is 10.2. The largest absolute Gasteiger partial charge is 0.361 e. The van der Waals surface area contributed by atoms with Crippen LogP contribution in [0.1, 0.15) is 10.4 Å². The highest BCUT2D eigenvalue weighted by molar-refractivity contribution is 5.87. The van der Waals surface area contributed by atoms with Gasteiger partial charge in [0.2, 0.25) is 0 Å². The van der Waals surface area contributed by atoms with E-state index in [0.29, 0.717) is 6.29 Å². The van der Waals surface area contributed by atoms with Crippen LogP contribution in [-0.2, 0) is 0 Å². The third-order valence-corrected chi connectivity index (χ3v) is 1.80. The molecule has 0 saturated carbocycles.